The van der Waals surface area contributed by atoms with Crippen LogP contribution in [0.1, 0.15) is 6.42 Å². The van der Waals surface area contributed by atoms with Gasteiger partial charge in [0.05, 0.1) is 31.4 Å². The highest BCUT2D eigenvalue weighted by Crippen LogP contribution is 2.27. The number of rotatable bonds is 2. The summed E-state index contributed by atoms with van der Waals surface area (Å²) >= 11 is 0. The molecule has 2 aliphatic heterocycles. The van der Waals surface area contributed by atoms with Crippen LogP contribution in [0.15, 0.2) is 0 Å². The van der Waals surface area contributed by atoms with Crippen molar-refractivity contribution >= 4 is 0 Å². The van der Waals surface area contributed by atoms with Gasteiger partial charge in [-0.2, -0.15) is 0 Å². The fourth-order valence-electron chi connectivity index (χ4n) is 2.09. The molecule has 4 nitrogen and oxygen atoms in total. The highest BCUT2D eigenvalue weighted by atomic mass is 19.3. The number of alkyl halides is 2. The molecule has 6 heteroatoms. The first kappa shape index (κ1) is 11.2. The van der Waals surface area contributed by atoms with Crippen molar-refractivity contribution in [3.8, 4) is 0 Å². The van der Waals surface area contributed by atoms with Crippen molar-refractivity contribution in [1.82, 2.24) is 4.90 Å². The van der Waals surface area contributed by atoms with Gasteiger partial charge in [0.2, 0.25) is 0 Å². The van der Waals surface area contributed by atoms with E-state index in [0.717, 1.165) is 0 Å². The van der Waals surface area contributed by atoms with Crippen LogP contribution in [0, 0.1) is 0 Å². The van der Waals surface area contributed by atoms with Gasteiger partial charge in [0, 0.05) is 19.5 Å². The molecular formula is C9H16F2N2O2. The molecule has 15 heavy (non-hydrogen) atoms. The molecule has 2 rings (SSSR count). The van der Waals surface area contributed by atoms with E-state index in [-0.39, 0.29) is 13.0 Å². The molecule has 0 aromatic carbocycles. The zero-order valence-electron chi connectivity index (χ0n) is 8.40. The minimum atomic E-state index is -2.59. The smallest absolute Gasteiger partial charge is 0.261 e. The van der Waals surface area contributed by atoms with E-state index in [2.05, 4.69) is 0 Å². The molecule has 3 unspecified atom stereocenters. The van der Waals surface area contributed by atoms with Gasteiger partial charge in [0.25, 0.3) is 5.92 Å². The maximum absolute atomic E-state index is 12.9. The van der Waals surface area contributed by atoms with Gasteiger partial charge in [-0.3, -0.25) is 4.90 Å². The molecular weight excluding hydrogens is 206 g/mol. The largest absolute Gasteiger partial charge is 0.389 e. The predicted molar refractivity (Wildman–Crippen MR) is 49.7 cm³/mol. The van der Waals surface area contributed by atoms with Gasteiger partial charge >= 0.3 is 0 Å². The van der Waals surface area contributed by atoms with Crippen LogP contribution < -0.4 is 5.73 Å². The lowest BCUT2D eigenvalue weighted by Crippen LogP contribution is -2.42. The van der Waals surface area contributed by atoms with Crippen molar-refractivity contribution < 1.29 is 18.6 Å². The van der Waals surface area contributed by atoms with Crippen molar-refractivity contribution in [2.45, 2.75) is 30.6 Å². The normalized spacial score (nSPS) is 41.2. The minimum Gasteiger partial charge on any atom is -0.389 e. The SMILES string of the molecule is NC1COC(CN2CCC(F)(F)C2)C1O. The number of ether oxygens (including phenoxy) is 1. The summed E-state index contributed by atoms with van der Waals surface area (Å²) in [6.07, 6.45) is -1.27. The van der Waals surface area contributed by atoms with E-state index in [4.69, 9.17) is 10.5 Å². The third-order valence-corrected chi connectivity index (χ3v) is 3.01. The summed E-state index contributed by atoms with van der Waals surface area (Å²) in [5.41, 5.74) is 5.55. The molecule has 0 spiro atoms. The third kappa shape index (κ3) is 2.44. The summed E-state index contributed by atoms with van der Waals surface area (Å²) in [6.45, 7) is 0.754. The summed E-state index contributed by atoms with van der Waals surface area (Å²) in [5, 5.41) is 9.58. The summed E-state index contributed by atoms with van der Waals surface area (Å²) in [7, 11) is 0. The lowest BCUT2D eigenvalue weighted by Gasteiger charge is -2.22. The Morgan fingerprint density at radius 2 is 2.27 bits per heavy atom. The van der Waals surface area contributed by atoms with E-state index in [1.165, 1.54) is 0 Å². The predicted octanol–water partition coefficient (Wildman–Crippen LogP) is -0.586. The maximum atomic E-state index is 12.9. The summed E-state index contributed by atoms with van der Waals surface area (Å²) in [6, 6.07) is -0.391. The van der Waals surface area contributed by atoms with Gasteiger partial charge < -0.3 is 15.6 Å². The van der Waals surface area contributed by atoms with Crippen LogP contribution in [0.25, 0.3) is 0 Å². The summed E-state index contributed by atoms with van der Waals surface area (Å²) < 4.78 is 31.0. The van der Waals surface area contributed by atoms with E-state index in [1.54, 1.807) is 4.90 Å². The summed E-state index contributed by atoms with van der Waals surface area (Å²) in [4.78, 5) is 1.62. The lowest BCUT2D eigenvalue weighted by atomic mass is 10.1. The average Bonchev–Trinajstić information content (AvgIpc) is 2.63. The zero-order chi connectivity index (χ0) is 11.1. The molecule has 0 aromatic heterocycles. The van der Waals surface area contributed by atoms with Crippen LogP contribution in [0.4, 0.5) is 8.78 Å². The van der Waals surface area contributed by atoms with E-state index in [1.807, 2.05) is 0 Å². The second-order valence-electron chi connectivity index (χ2n) is 4.37. The van der Waals surface area contributed by atoms with E-state index in [0.29, 0.717) is 19.7 Å². The molecule has 3 atom stereocenters. The number of aliphatic hydroxyl groups excluding tert-OH is 1. The molecule has 2 heterocycles. The fourth-order valence-corrected chi connectivity index (χ4v) is 2.09. The Kier molecular flexibility index (Phi) is 2.94. The molecule has 88 valence electrons. The Balaban J connectivity index is 1.83. The number of nitrogens with two attached hydrogens (primary N) is 1. The Morgan fingerprint density at radius 1 is 1.53 bits per heavy atom. The topological polar surface area (TPSA) is 58.7 Å². The van der Waals surface area contributed by atoms with Crippen molar-refractivity contribution in [1.29, 1.82) is 0 Å². The average molecular weight is 222 g/mol. The van der Waals surface area contributed by atoms with Gasteiger partial charge in [-0.1, -0.05) is 0 Å². The Morgan fingerprint density at radius 3 is 2.73 bits per heavy atom. The first-order valence-corrected chi connectivity index (χ1v) is 5.13. The molecule has 2 fully saturated rings. The van der Waals surface area contributed by atoms with Crippen LogP contribution in [-0.2, 0) is 4.74 Å². The molecule has 2 saturated heterocycles. The Labute approximate surface area is 87.0 Å². The lowest BCUT2D eigenvalue weighted by molar-refractivity contribution is -0.00713. The number of nitrogens with zero attached hydrogens (tertiary/aromatic N) is 1. The van der Waals surface area contributed by atoms with Crippen molar-refractivity contribution in [3.05, 3.63) is 0 Å². The van der Waals surface area contributed by atoms with Crippen LogP contribution in [0.2, 0.25) is 0 Å². The van der Waals surface area contributed by atoms with E-state index in [9.17, 15) is 13.9 Å². The van der Waals surface area contributed by atoms with Gasteiger partial charge in [-0.05, 0) is 0 Å². The minimum absolute atomic E-state index is 0.109. The first-order chi connectivity index (χ1) is 6.98. The molecule has 0 saturated carbocycles. The fraction of sp³-hybridized carbons (Fsp3) is 1.00. The number of likely N-dealkylation sites (tertiary alicyclic amines) is 1. The van der Waals surface area contributed by atoms with Crippen LogP contribution in [-0.4, -0.2) is 60.4 Å². The molecule has 0 amide bonds. The molecule has 0 bridgehead atoms. The number of aliphatic hydroxyl groups is 1. The van der Waals surface area contributed by atoms with Crippen LogP contribution in [0.5, 0.6) is 0 Å². The molecule has 0 aromatic rings. The Hall–Kier alpha value is -0.300. The molecule has 3 N–H and O–H groups in total. The number of hydrogen-bond acceptors (Lipinski definition) is 4. The second-order valence-corrected chi connectivity index (χ2v) is 4.37. The third-order valence-electron chi connectivity index (χ3n) is 3.01. The summed E-state index contributed by atoms with van der Waals surface area (Å²) in [5.74, 6) is -2.59. The van der Waals surface area contributed by atoms with Crippen molar-refractivity contribution in [3.63, 3.8) is 0 Å². The van der Waals surface area contributed by atoms with E-state index >= 15 is 0 Å². The second kappa shape index (κ2) is 3.93. The number of hydrogen-bond donors (Lipinski definition) is 2. The molecule has 0 aliphatic carbocycles. The molecule has 2 aliphatic rings. The first-order valence-electron chi connectivity index (χ1n) is 5.13. The maximum Gasteiger partial charge on any atom is 0.261 e. The van der Waals surface area contributed by atoms with E-state index < -0.39 is 24.2 Å². The van der Waals surface area contributed by atoms with Crippen LogP contribution in [0.3, 0.4) is 0 Å². The monoisotopic (exact) mass is 222 g/mol. The van der Waals surface area contributed by atoms with Gasteiger partial charge in [-0.25, -0.2) is 8.78 Å². The van der Waals surface area contributed by atoms with Crippen molar-refractivity contribution in [2.24, 2.45) is 5.73 Å². The van der Waals surface area contributed by atoms with Crippen molar-refractivity contribution in [2.75, 3.05) is 26.2 Å². The highest BCUT2D eigenvalue weighted by Gasteiger charge is 2.41. The van der Waals surface area contributed by atoms with Gasteiger partial charge in [0.15, 0.2) is 0 Å². The standard InChI is InChI=1S/C9H16F2N2O2/c10-9(11)1-2-13(5-9)3-7-8(14)6(12)4-15-7/h6-8,14H,1-5,12H2. The molecule has 0 radical (unpaired) electrons. The van der Waals surface area contributed by atoms with Gasteiger partial charge in [0.1, 0.15) is 0 Å². The zero-order valence-corrected chi connectivity index (χ0v) is 8.40. The quantitative estimate of drug-likeness (QED) is 0.656. The highest BCUT2D eigenvalue weighted by molar-refractivity contribution is 4.90. The number of halogens is 2. The van der Waals surface area contributed by atoms with Crippen LogP contribution >= 0.6 is 0 Å². The Bertz CT molecular complexity index is 240. The van der Waals surface area contributed by atoms with Gasteiger partial charge in [-0.15, -0.1) is 0 Å².